The average Bonchev–Trinajstić information content (AvgIpc) is 3.18. The van der Waals surface area contributed by atoms with Gasteiger partial charge in [-0.2, -0.15) is 0 Å². The van der Waals surface area contributed by atoms with Gasteiger partial charge in [0.05, 0.1) is 5.92 Å². The number of benzene rings is 2. The summed E-state index contributed by atoms with van der Waals surface area (Å²) in [6.07, 6.45) is 2.45. The molecule has 0 saturated carbocycles. The van der Waals surface area contributed by atoms with Gasteiger partial charge in [-0.05, 0) is 48.4 Å². The van der Waals surface area contributed by atoms with Crippen molar-refractivity contribution in [2.45, 2.75) is 64.0 Å². The number of nitrogens with zero attached hydrogens (tertiary/aromatic N) is 1. The number of aliphatic carboxylic acids is 1. The van der Waals surface area contributed by atoms with E-state index in [9.17, 15) is 19.5 Å². The van der Waals surface area contributed by atoms with Crippen molar-refractivity contribution in [3.63, 3.8) is 0 Å². The van der Waals surface area contributed by atoms with Gasteiger partial charge in [0.1, 0.15) is 12.6 Å². The third-order valence-electron chi connectivity index (χ3n) is 7.29. The number of rotatable bonds is 8. The molecular weight excluding hydrogens is 444 g/mol. The highest BCUT2D eigenvalue weighted by Crippen LogP contribution is 2.44. The second kappa shape index (κ2) is 10.9. The van der Waals surface area contributed by atoms with Gasteiger partial charge in [0.2, 0.25) is 5.91 Å². The highest BCUT2D eigenvalue weighted by atomic mass is 16.5. The Balaban J connectivity index is 1.40. The lowest BCUT2D eigenvalue weighted by Gasteiger charge is -2.38. The molecule has 0 radical (unpaired) electrons. The summed E-state index contributed by atoms with van der Waals surface area (Å²) in [6, 6.07) is 15.4. The third-order valence-corrected chi connectivity index (χ3v) is 7.29. The van der Waals surface area contributed by atoms with E-state index in [1.807, 2.05) is 38.1 Å². The molecule has 2 aromatic carbocycles. The van der Waals surface area contributed by atoms with Crippen molar-refractivity contribution in [3.05, 3.63) is 59.7 Å². The van der Waals surface area contributed by atoms with E-state index in [4.69, 9.17) is 4.74 Å². The minimum Gasteiger partial charge on any atom is -0.481 e. The highest BCUT2D eigenvalue weighted by Gasteiger charge is 2.36. The number of fused-ring (bicyclic) bond motifs is 3. The standard InChI is InChI=1S/C28H34N2O5/c1-3-4-13-25(26(31)30-15-14-19(27(32)33)16-18(30)2)29-28(34)35-17-24-22-11-7-5-9-20(22)21-10-6-8-12-23(21)24/h5-12,18-19,24-25H,3-4,13-17H2,1-2H3,(H,29,34)(H,32,33)/t18-,19-,25-/m0/s1. The summed E-state index contributed by atoms with van der Waals surface area (Å²) in [5.41, 5.74) is 4.59. The summed E-state index contributed by atoms with van der Waals surface area (Å²) in [6.45, 7) is 4.48. The molecule has 2 aromatic rings. The molecule has 1 aliphatic heterocycles. The van der Waals surface area contributed by atoms with E-state index in [0.717, 1.165) is 35.1 Å². The van der Waals surface area contributed by atoms with Gasteiger partial charge in [0.25, 0.3) is 0 Å². The zero-order chi connectivity index (χ0) is 24.9. The third kappa shape index (κ3) is 5.34. The van der Waals surface area contributed by atoms with Crippen LogP contribution in [0.25, 0.3) is 11.1 Å². The van der Waals surface area contributed by atoms with Crippen LogP contribution in [0.2, 0.25) is 0 Å². The van der Waals surface area contributed by atoms with E-state index in [0.29, 0.717) is 25.8 Å². The predicted octanol–water partition coefficient (Wildman–Crippen LogP) is 4.80. The lowest BCUT2D eigenvalue weighted by atomic mass is 9.91. The lowest BCUT2D eigenvalue weighted by molar-refractivity contribution is -0.148. The molecule has 35 heavy (non-hydrogen) atoms. The largest absolute Gasteiger partial charge is 0.481 e. The van der Waals surface area contributed by atoms with Crippen molar-refractivity contribution >= 4 is 18.0 Å². The van der Waals surface area contributed by atoms with Crippen LogP contribution in [0.1, 0.15) is 63.0 Å². The zero-order valence-electron chi connectivity index (χ0n) is 20.4. The van der Waals surface area contributed by atoms with E-state index in [-0.39, 0.29) is 24.5 Å². The molecule has 186 valence electrons. The molecule has 0 bridgehead atoms. The van der Waals surface area contributed by atoms with Crippen LogP contribution >= 0.6 is 0 Å². The number of unbranched alkanes of at least 4 members (excludes halogenated alkanes) is 1. The molecule has 3 atom stereocenters. The Morgan fingerprint density at radius 1 is 1.09 bits per heavy atom. The van der Waals surface area contributed by atoms with Crippen molar-refractivity contribution in [1.29, 1.82) is 0 Å². The molecule has 0 aromatic heterocycles. The van der Waals surface area contributed by atoms with Crippen LogP contribution in [0.4, 0.5) is 4.79 Å². The topological polar surface area (TPSA) is 95.9 Å². The Hall–Kier alpha value is -3.35. The molecule has 0 spiro atoms. The summed E-state index contributed by atoms with van der Waals surface area (Å²) in [5.74, 6) is -1.46. The maximum absolute atomic E-state index is 13.3. The van der Waals surface area contributed by atoms with E-state index < -0.39 is 24.0 Å². The molecule has 2 aliphatic rings. The number of hydrogen-bond donors (Lipinski definition) is 2. The number of carbonyl (C=O) groups excluding carboxylic acids is 2. The normalized spacial score (nSPS) is 20.0. The van der Waals surface area contributed by atoms with Gasteiger partial charge in [0.15, 0.2) is 0 Å². The number of carboxylic acids is 1. The molecule has 1 heterocycles. The first-order valence-electron chi connectivity index (χ1n) is 12.6. The predicted molar refractivity (Wildman–Crippen MR) is 133 cm³/mol. The second-order valence-electron chi connectivity index (χ2n) is 9.60. The number of nitrogens with one attached hydrogen (secondary N) is 1. The summed E-state index contributed by atoms with van der Waals surface area (Å²) in [5, 5.41) is 12.1. The molecule has 7 heteroatoms. The first kappa shape index (κ1) is 24.8. The Kier molecular flexibility index (Phi) is 7.73. The van der Waals surface area contributed by atoms with Gasteiger partial charge in [-0.3, -0.25) is 9.59 Å². The number of alkyl carbamates (subject to hydrolysis) is 1. The minimum absolute atomic E-state index is 0.0481. The first-order valence-corrected chi connectivity index (χ1v) is 12.6. The van der Waals surface area contributed by atoms with Gasteiger partial charge in [-0.1, -0.05) is 68.3 Å². The summed E-state index contributed by atoms with van der Waals surface area (Å²) >= 11 is 0. The second-order valence-corrected chi connectivity index (χ2v) is 9.60. The van der Waals surface area contributed by atoms with E-state index in [1.165, 1.54) is 0 Å². The van der Waals surface area contributed by atoms with Crippen molar-refractivity contribution in [3.8, 4) is 11.1 Å². The average molecular weight is 479 g/mol. The van der Waals surface area contributed by atoms with Crippen molar-refractivity contribution in [2.24, 2.45) is 5.92 Å². The van der Waals surface area contributed by atoms with Crippen LogP contribution in [0.5, 0.6) is 0 Å². The maximum Gasteiger partial charge on any atom is 0.407 e. The molecule has 1 aliphatic carbocycles. The molecule has 7 nitrogen and oxygen atoms in total. The Morgan fingerprint density at radius 2 is 1.71 bits per heavy atom. The van der Waals surface area contributed by atoms with E-state index in [2.05, 4.69) is 29.6 Å². The molecule has 2 N–H and O–H groups in total. The van der Waals surface area contributed by atoms with Crippen molar-refractivity contribution in [1.82, 2.24) is 10.2 Å². The number of carbonyl (C=O) groups is 3. The first-order chi connectivity index (χ1) is 16.9. The number of piperidine rings is 1. The fourth-order valence-corrected chi connectivity index (χ4v) is 5.37. The lowest BCUT2D eigenvalue weighted by Crippen LogP contribution is -2.54. The van der Waals surface area contributed by atoms with Crippen LogP contribution in [0.15, 0.2) is 48.5 Å². The number of likely N-dealkylation sites (tertiary alicyclic amines) is 1. The Bertz CT molecular complexity index is 1040. The zero-order valence-corrected chi connectivity index (χ0v) is 20.4. The number of ether oxygens (including phenoxy) is 1. The number of carboxylic acid groups (broad SMARTS) is 1. The molecule has 1 fully saturated rings. The van der Waals surface area contributed by atoms with Crippen molar-refractivity contribution in [2.75, 3.05) is 13.2 Å². The molecular formula is C28H34N2O5. The highest BCUT2D eigenvalue weighted by molar-refractivity contribution is 5.86. The van der Waals surface area contributed by atoms with Crippen LogP contribution in [0.3, 0.4) is 0 Å². The summed E-state index contributed by atoms with van der Waals surface area (Å²) in [7, 11) is 0. The van der Waals surface area contributed by atoms with E-state index >= 15 is 0 Å². The fourth-order valence-electron chi connectivity index (χ4n) is 5.37. The minimum atomic E-state index is -0.816. The van der Waals surface area contributed by atoms with Crippen LogP contribution in [0, 0.1) is 5.92 Å². The van der Waals surface area contributed by atoms with Crippen LogP contribution in [-0.2, 0) is 14.3 Å². The van der Waals surface area contributed by atoms with Crippen molar-refractivity contribution < 1.29 is 24.2 Å². The smallest absolute Gasteiger partial charge is 0.407 e. The van der Waals surface area contributed by atoms with Gasteiger partial charge >= 0.3 is 12.1 Å². The van der Waals surface area contributed by atoms with Gasteiger partial charge in [-0.25, -0.2) is 4.79 Å². The maximum atomic E-state index is 13.3. The summed E-state index contributed by atoms with van der Waals surface area (Å²) < 4.78 is 5.66. The van der Waals surface area contributed by atoms with Crippen LogP contribution < -0.4 is 5.32 Å². The molecule has 4 rings (SSSR count). The van der Waals surface area contributed by atoms with Gasteiger partial charge in [0, 0.05) is 18.5 Å². The van der Waals surface area contributed by atoms with E-state index in [1.54, 1.807) is 4.90 Å². The van der Waals surface area contributed by atoms with Gasteiger partial charge in [-0.15, -0.1) is 0 Å². The monoisotopic (exact) mass is 478 g/mol. The quantitative estimate of drug-likeness (QED) is 0.568. The SMILES string of the molecule is CCCC[C@H](NC(=O)OCC1c2ccccc2-c2ccccc21)C(=O)N1CC[C@H](C(=O)O)C[C@@H]1C. The molecule has 2 amide bonds. The van der Waals surface area contributed by atoms with Crippen LogP contribution in [-0.4, -0.2) is 53.2 Å². The van der Waals surface area contributed by atoms with Gasteiger partial charge < -0.3 is 20.1 Å². The number of amides is 2. The number of hydrogen-bond acceptors (Lipinski definition) is 4. The Labute approximate surface area is 206 Å². The Morgan fingerprint density at radius 3 is 2.29 bits per heavy atom. The molecule has 0 unspecified atom stereocenters. The summed E-state index contributed by atoms with van der Waals surface area (Å²) in [4.78, 5) is 39.2. The fraction of sp³-hybridized carbons (Fsp3) is 0.464. The molecule has 1 saturated heterocycles.